The molecule has 56 heavy (non-hydrogen) atoms. The van der Waals surface area contributed by atoms with Crippen molar-refractivity contribution in [3.8, 4) is 23.0 Å². The average molecular weight is 775 g/mol. The van der Waals surface area contributed by atoms with Crippen LogP contribution in [0.4, 0.5) is 0 Å². The van der Waals surface area contributed by atoms with Gasteiger partial charge >= 0.3 is 16.6 Å². The number of ether oxygens (including phenoxy) is 2. The summed E-state index contributed by atoms with van der Waals surface area (Å²) in [5.41, 5.74) is 4.43. The number of benzene rings is 6. The minimum atomic E-state index is -2.75. The van der Waals surface area contributed by atoms with E-state index >= 15 is 0 Å². The third-order valence-electron chi connectivity index (χ3n) is 12.1. The molecule has 0 radical (unpaired) electrons. The molecular formula is C50H54O4Si2. The van der Waals surface area contributed by atoms with Gasteiger partial charge in [-0.2, -0.15) is 0 Å². The number of hydrogen-bond acceptors (Lipinski definition) is 4. The average Bonchev–Trinajstić information content (AvgIpc) is 3.21. The van der Waals surface area contributed by atoms with E-state index in [-0.39, 0.29) is 5.41 Å². The zero-order valence-electron chi connectivity index (χ0n) is 33.8. The summed E-state index contributed by atoms with van der Waals surface area (Å²) in [7, 11) is -5.32. The van der Waals surface area contributed by atoms with Gasteiger partial charge in [-0.3, -0.25) is 0 Å². The lowest BCUT2D eigenvalue weighted by Gasteiger charge is -2.54. The Labute approximate surface area is 336 Å². The highest BCUT2D eigenvalue weighted by Crippen LogP contribution is 2.46. The Bertz CT molecular complexity index is 2240. The highest BCUT2D eigenvalue weighted by atomic mass is 28.4. The van der Waals surface area contributed by atoms with Crippen LogP contribution < -0.4 is 28.7 Å². The van der Waals surface area contributed by atoms with E-state index in [0.717, 1.165) is 41.0 Å². The van der Waals surface area contributed by atoms with Crippen molar-refractivity contribution in [2.45, 2.75) is 76.4 Å². The molecule has 7 rings (SSSR count). The predicted molar refractivity (Wildman–Crippen MR) is 237 cm³/mol. The van der Waals surface area contributed by atoms with Crippen LogP contribution >= 0.6 is 0 Å². The van der Waals surface area contributed by atoms with Crippen LogP contribution in [0.5, 0.6) is 23.0 Å². The molecule has 3 atom stereocenters. The topological polar surface area (TPSA) is 36.9 Å². The summed E-state index contributed by atoms with van der Waals surface area (Å²) in [5, 5.41) is 1.42. The molecule has 0 spiro atoms. The van der Waals surface area contributed by atoms with Crippen molar-refractivity contribution < 1.29 is 18.3 Å². The van der Waals surface area contributed by atoms with Gasteiger partial charge in [0.1, 0.15) is 33.4 Å². The van der Waals surface area contributed by atoms with Gasteiger partial charge in [0, 0.05) is 5.41 Å². The van der Waals surface area contributed by atoms with Gasteiger partial charge < -0.3 is 18.3 Å². The summed E-state index contributed by atoms with van der Waals surface area (Å²) < 4.78 is 27.8. The largest absolute Gasteiger partial charge is 0.535 e. The minimum Gasteiger partial charge on any atom is -0.535 e. The molecule has 0 aromatic heterocycles. The Morgan fingerprint density at radius 2 is 1.16 bits per heavy atom. The Hall–Kier alpha value is -5.31. The highest BCUT2D eigenvalue weighted by molar-refractivity contribution is 6.92. The predicted octanol–water partition coefficient (Wildman–Crippen LogP) is 11.2. The standard InChI is InChI=1S/C50H54O4Si2/c1-9-39-22-30-44(31-23-39)53-55(8,46-16-12-10-13-17-46)49(5,6)51-42-32-24-40(25-33-42)48(3,4)41-26-34-45(35-27-41)54-56(47-18-14-11-15-19-47)37-36-50(56,7)52-43-28-20-38(2)21-29-43/h9-35H,1,36-37H2,2-8H3. The lowest BCUT2D eigenvalue weighted by Crippen LogP contribution is -2.78. The van der Waals surface area contributed by atoms with Crippen molar-refractivity contribution >= 4 is 33.1 Å². The van der Waals surface area contributed by atoms with Gasteiger partial charge in [0.05, 0.1) is 0 Å². The Morgan fingerprint density at radius 3 is 1.70 bits per heavy atom. The van der Waals surface area contributed by atoms with E-state index in [9.17, 15) is 0 Å². The van der Waals surface area contributed by atoms with E-state index in [4.69, 9.17) is 18.3 Å². The quantitative estimate of drug-likeness (QED) is 0.103. The lowest BCUT2D eigenvalue weighted by atomic mass is 9.78. The second-order valence-electron chi connectivity index (χ2n) is 16.5. The van der Waals surface area contributed by atoms with Crippen LogP contribution in [0.15, 0.2) is 164 Å². The van der Waals surface area contributed by atoms with Crippen molar-refractivity contribution in [3.05, 3.63) is 187 Å². The molecule has 6 aromatic rings. The second kappa shape index (κ2) is 15.3. The molecule has 1 aliphatic heterocycles. The summed E-state index contributed by atoms with van der Waals surface area (Å²) in [6.07, 6.45) is 2.80. The molecule has 1 heterocycles. The van der Waals surface area contributed by atoms with E-state index in [1.165, 1.54) is 27.1 Å². The maximum Gasteiger partial charge on any atom is 0.325 e. The van der Waals surface area contributed by atoms with Gasteiger partial charge in [0.15, 0.2) is 0 Å². The van der Waals surface area contributed by atoms with Crippen molar-refractivity contribution in [1.82, 2.24) is 0 Å². The van der Waals surface area contributed by atoms with Crippen LogP contribution in [-0.4, -0.2) is 27.1 Å². The summed E-state index contributed by atoms with van der Waals surface area (Å²) in [6.45, 7) is 19.3. The van der Waals surface area contributed by atoms with Crippen LogP contribution in [-0.2, 0) is 5.41 Å². The maximum atomic E-state index is 7.16. The molecule has 4 nitrogen and oxygen atoms in total. The molecule has 3 unspecified atom stereocenters. The van der Waals surface area contributed by atoms with E-state index in [2.05, 4.69) is 182 Å². The van der Waals surface area contributed by atoms with Crippen LogP contribution in [0.2, 0.25) is 12.6 Å². The van der Waals surface area contributed by atoms with E-state index in [1.54, 1.807) is 0 Å². The van der Waals surface area contributed by atoms with Crippen molar-refractivity contribution in [1.29, 1.82) is 0 Å². The SMILES string of the molecule is C=Cc1ccc(O[Si](C)(c2ccccc2)C(C)(C)Oc2ccc(C(C)(C)c3ccc(O[Si]4(c5ccccc5)CCC4(C)Oc4ccc(C)cc4)cc3)cc2)cc1. The first-order valence-electron chi connectivity index (χ1n) is 19.6. The Kier molecular flexibility index (Phi) is 10.7. The number of aryl methyl sites for hydroxylation is 1. The van der Waals surface area contributed by atoms with E-state index < -0.39 is 27.1 Å². The fraction of sp³-hybridized carbons (Fsp3) is 0.240. The minimum absolute atomic E-state index is 0.255. The van der Waals surface area contributed by atoms with Gasteiger partial charge in [0.25, 0.3) is 0 Å². The molecule has 6 aromatic carbocycles. The number of hydrogen-bond donors (Lipinski definition) is 0. The second-order valence-corrected chi connectivity index (χ2v) is 24.5. The maximum absolute atomic E-state index is 7.16. The van der Waals surface area contributed by atoms with E-state index in [0.29, 0.717) is 0 Å². The van der Waals surface area contributed by atoms with E-state index in [1.807, 2.05) is 36.4 Å². The first-order chi connectivity index (χ1) is 26.8. The van der Waals surface area contributed by atoms with Gasteiger partial charge in [-0.15, -0.1) is 0 Å². The zero-order chi connectivity index (χ0) is 39.6. The smallest absolute Gasteiger partial charge is 0.325 e. The fourth-order valence-electron chi connectivity index (χ4n) is 7.91. The lowest BCUT2D eigenvalue weighted by molar-refractivity contribution is 0.113. The summed E-state index contributed by atoms with van der Waals surface area (Å²) in [5.74, 6) is 3.41. The Morgan fingerprint density at radius 1 is 0.643 bits per heavy atom. The number of rotatable bonds is 14. The molecule has 0 saturated carbocycles. The molecule has 1 saturated heterocycles. The first kappa shape index (κ1) is 38.9. The van der Waals surface area contributed by atoms with Crippen molar-refractivity contribution in [3.63, 3.8) is 0 Å². The molecule has 1 fully saturated rings. The molecule has 0 aliphatic carbocycles. The van der Waals surface area contributed by atoms with Gasteiger partial charge in [-0.25, -0.2) is 0 Å². The first-order valence-corrected chi connectivity index (χ1v) is 24.2. The molecule has 0 N–H and O–H groups in total. The van der Waals surface area contributed by atoms with Crippen LogP contribution in [0.1, 0.15) is 63.3 Å². The van der Waals surface area contributed by atoms with Crippen molar-refractivity contribution in [2.24, 2.45) is 0 Å². The van der Waals surface area contributed by atoms with Crippen LogP contribution in [0, 0.1) is 6.92 Å². The highest BCUT2D eigenvalue weighted by Gasteiger charge is 2.65. The molecule has 0 amide bonds. The molecule has 6 heteroatoms. The molecular weight excluding hydrogens is 721 g/mol. The molecule has 286 valence electrons. The third kappa shape index (κ3) is 7.48. The fourth-order valence-corrected chi connectivity index (χ4v) is 15.0. The van der Waals surface area contributed by atoms with Crippen LogP contribution in [0.25, 0.3) is 6.08 Å². The monoisotopic (exact) mass is 774 g/mol. The summed E-state index contributed by atoms with van der Waals surface area (Å²) >= 11 is 0. The van der Waals surface area contributed by atoms with Crippen LogP contribution in [0.3, 0.4) is 0 Å². The normalized spacial score (nSPS) is 19.2. The summed E-state index contributed by atoms with van der Waals surface area (Å²) in [4.78, 5) is 0. The van der Waals surface area contributed by atoms with Gasteiger partial charge in [-0.1, -0.05) is 141 Å². The molecule has 1 aliphatic rings. The zero-order valence-corrected chi connectivity index (χ0v) is 35.8. The molecule has 0 bridgehead atoms. The third-order valence-corrected chi connectivity index (χ3v) is 21.5. The van der Waals surface area contributed by atoms with Crippen molar-refractivity contribution in [2.75, 3.05) is 0 Å². The summed E-state index contributed by atoms with van der Waals surface area (Å²) in [6, 6.07) is 56.0. The van der Waals surface area contributed by atoms with Gasteiger partial charge in [-0.05, 0) is 122 Å². The Balaban J connectivity index is 1.09. The van der Waals surface area contributed by atoms with Gasteiger partial charge in [0.2, 0.25) is 0 Å².